The van der Waals surface area contributed by atoms with Crippen LogP contribution < -0.4 is 10.6 Å². The molecule has 1 aromatic rings. The normalized spacial score (nSPS) is 23.9. The molecule has 6 heteroatoms. The van der Waals surface area contributed by atoms with Crippen molar-refractivity contribution in [3.63, 3.8) is 0 Å². The maximum atomic E-state index is 12.1. The first kappa shape index (κ1) is 13.4. The number of nitrogens with zero attached hydrogens (tertiary/aromatic N) is 2. The van der Waals surface area contributed by atoms with E-state index in [9.17, 15) is 4.79 Å². The molecule has 1 aliphatic rings. The number of aromatic nitrogens is 2. The highest BCUT2D eigenvalue weighted by molar-refractivity contribution is 7.08. The smallest absolute Gasteiger partial charge is 0.265 e. The number of nitrogens with one attached hydrogen (secondary N) is 2. The Morgan fingerprint density at radius 2 is 2.00 bits per heavy atom. The number of hydrogen-bond acceptors (Lipinski definition) is 5. The summed E-state index contributed by atoms with van der Waals surface area (Å²) in [5, 5.41) is 10.4. The Labute approximate surface area is 112 Å². The van der Waals surface area contributed by atoms with Gasteiger partial charge in [0.2, 0.25) is 0 Å². The lowest BCUT2D eigenvalue weighted by Gasteiger charge is -2.28. The average Bonchev–Trinajstić information content (AvgIpc) is 2.88. The van der Waals surface area contributed by atoms with E-state index in [0.717, 1.165) is 37.8 Å². The van der Waals surface area contributed by atoms with E-state index < -0.39 is 0 Å². The van der Waals surface area contributed by atoms with E-state index in [4.69, 9.17) is 0 Å². The Bertz CT molecular complexity index is 399. The summed E-state index contributed by atoms with van der Waals surface area (Å²) in [6.45, 7) is 1.99. The molecule has 0 radical (unpaired) electrons. The summed E-state index contributed by atoms with van der Waals surface area (Å²) >= 11 is 1.19. The second-order valence-corrected chi connectivity index (χ2v) is 5.47. The van der Waals surface area contributed by atoms with Crippen LogP contribution in [0.25, 0.3) is 0 Å². The molecule has 0 unspecified atom stereocenters. The summed E-state index contributed by atoms with van der Waals surface area (Å²) in [6.07, 6.45) is 5.10. The highest BCUT2D eigenvalue weighted by atomic mass is 32.1. The van der Waals surface area contributed by atoms with Gasteiger partial charge in [0.25, 0.3) is 5.91 Å². The first-order chi connectivity index (χ1) is 8.74. The summed E-state index contributed by atoms with van der Waals surface area (Å²) < 4.78 is 3.85. The summed E-state index contributed by atoms with van der Waals surface area (Å²) in [5.74, 6) is -0.00485. The molecule has 1 amide bonds. The molecule has 0 aliphatic heterocycles. The predicted octanol–water partition coefficient (Wildman–Crippen LogP) is 1.36. The third-order valence-electron chi connectivity index (χ3n) is 3.57. The van der Waals surface area contributed by atoms with E-state index in [-0.39, 0.29) is 5.91 Å². The quantitative estimate of drug-likeness (QED) is 0.865. The van der Waals surface area contributed by atoms with Gasteiger partial charge in [-0.25, -0.2) is 0 Å². The zero-order valence-electron chi connectivity index (χ0n) is 10.9. The lowest BCUT2D eigenvalue weighted by molar-refractivity contribution is 0.0927. The van der Waals surface area contributed by atoms with E-state index in [0.29, 0.717) is 17.0 Å². The Morgan fingerprint density at radius 1 is 1.33 bits per heavy atom. The molecular formula is C12H20N4OS. The van der Waals surface area contributed by atoms with Crippen LogP contribution in [-0.4, -0.2) is 34.6 Å². The van der Waals surface area contributed by atoms with Crippen molar-refractivity contribution in [2.75, 3.05) is 7.05 Å². The van der Waals surface area contributed by atoms with Crippen LogP contribution in [0, 0.1) is 0 Å². The van der Waals surface area contributed by atoms with Crippen LogP contribution in [0.1, 0.15) is 48.0 Å². The first-order valence-corrected chi connectivity index (χ1v) is 7.31. The van der Waals surface area contributed by atoms with Crippen molar-refractivity contribution in [1.82, 2.24) is 20.2 Å². The minimum absolute atomic E-state index is 0.00485. The highest BCUT2D eigenvalue weighted by Gasteiger charge is 2.23. The minimum Gasteiger partial charge on any atom is -0.349 e. The molecular weight excluding hydrogens is 248 g/mol. The largest absolute Gasteiger partial charge is 0.349 e. The SMILES string of the molecule is CCc1nnsc1C(=O)NC1CCC(NC)CC1. The van der Waals surface area contributed by atoms with E-state index >= 15 is 0 Å². The maximum Gasteiger partial charge on any atom is 0.265 e. The molecule has 1 aromatic heterocycles. The monoisotopic (exact) mass is 268 g/mol. The highest BCUT2D eigenvalue weighted by Crippen LogP contribution is 2.19. The summed E-state index contributed by atoms with van der Waals surface area (Å²) in [4.78, 5) is 12.8. The van der Waals surface area contributed by atoms with Crippen LogP contribution in [-0.2, 0) is 6.42 Å². The molecule has 0 atom stereocenters. The second kappa shape index (κ2) is 6.24. The Morgan fingerprint density at radius 3 is 2.61 bits per heavy atom. The van der Waals surface area contributed by atoms with Crippen LogP contribution >= 0.6 is 11.5 Å². The van der Waals surface area contributed by atoms with Crippen molar-refractivity contribution in [1.29, 1.82) is 0 Å². The average molecular weight is 268 g/mol. The fourth-order valence-electron chi connectivity index (χ4n) is 2.39. The number of amides is 1. The summed E-state index contributed by atoms with van der Waals surface area (Å²) in [5.41, 5.74) is 0.807. The molecule has 1 saturated carbocycles. The van der Waals surface area contributed by atoms with Gasteiger partial charge in [-0.3, -0.25) is 4.79 Å². The lowest BCUT2D eigenvalue weighted by Crippen LogP contribution is -2.41. The Balaban J connectivity index is 1.89. The molecule has 2 N–H and O–H groups in total. The number of carbonyl (C=O) groups is 1. The third-order valence-corrected chi connectivity index (χ3v) is 4.33. The Kier molecular flexibility index (Phi) is 4.66. The van der Waals surface area contributed by atoms with E-state index in [1.807, 2.05) is 14.0 Å². The fourth-order valence-corrected chi connectivity index (χ4v) is 3.04. The first-order valence-electron chi connectivity index (χ1n) is 6.54. The molecule has 5 nitrogen and oxygen atoms in total. The number of rotatable bonds is 4. The summed E-state index contributed by atoms with van der Waals surface area (Å²) in [6, 6.07) is 0.906. The van der Waals surface area contributed by atoms with Crippen LogP contribution in [0.5, 0.6) is 0 Å². The van der Waals surface area contributed by atoms with Crippen LogP contribution in [0.3, 0.4) is 0 Å². The van der Waals surface area contributed by atoms with E-state index in [1.54, 1.807) is 0 Å². The molecule has 0 spiro atoms. The zero-order valence-corrected chi connectivity index (χ0v) is 11.7. The minimum atomic E-state index is -0.00485. The van der Waals surface area contributed by atoms with Crippen molar-refractivity contribution in [3.05, 3.63) is 10.6 Å². The van der Waals surface area contributed by atoms with Gasteiger partial charge in [-0.05, 0) is 50.7 Å². The van der Waals surface area contributed by atoms with Gasteiger partial charge in [-0.2, -0.15) is 0 Å². The molecule has 1 aliphatic carbocycles. The van der Waals surface area contributed by atoms with Gasteiger partial charge in [0, 0.05) is 12.1 Å². The molecule has 100 valence electrons. The lowest BCUT2D eigenvalue weighted by atomic mass is 9.91. The number of aryl methyl sites for hydroxylation is 1. The van der Waals surface area contributed by atoms with E-state index in [2.05, 4.69) is 20.2 Å². The van der Waals surface area contributed by atoms with Crippen molar-refractivity contribution in [2.24, 2.45) is 0 Å². The molecule has 0 bridgehead atoms. The predicted molar refractivity (Wildman–Crippen MR) is 71.9 cm³/mol. The summed E-state index contributed by atoms with van der Waals surface area (Å²) in [7, 11) is 2.00. The van der Waals surface area contributed by atoms with Crippen molar-refractivity contribution in [3.8, 4) is 0 Å². The molecule has 1 fully saturated rings. The van der Waals surface area contributed by atoms with Gasteiger partial charge in [0.05, 0.1) is 5.69 Å². The zero-order chi connectivity index (χ0) is 13.0. The molecule has 18 heavy (non-hydrogen) atoms. The fraction of sp³-hybridized carbons (Fsp3) is 0.750. The van der Waals surface area contributed by atoms with Crippen molar-refractivity contribution in [2.45, 2.75) is 51.1 Å². The number of carbonyl (C=O) groups excluding carboxylic acids is 1. The van der Waals surface area contributed by atoms with Gasteiger partial charge in [-0.15, -0.1) is 5.10 Å². The van der Waals surface area contributed by atoms with Crippen molar-refractivity contribution >= 4 is 17.4 Å². The van der Waals surface area contributed by atoms with Crippen molar-refractivity contribution < 1.29 is 4.79 Å². The van der Waals surface area contributed by atoms with Crippen LogP contribution in [0.4, 0.5) is 0 Å². The van der Waals surface area contributed by atoms with Gasteiger partial charge in [0.15, 0.2) is 0 Å². The Hall–Kier alpha value is -1.01. The van der Waals surface area contributed by atoms with Gasteiger partial charge in [0.1, 0.15) is 4.88 Å². The maximum absolute atomic E-state index is 12.1. The van der Waals surface area contributed by atoms with Crippen LogP contribution in [0.2, 0.25) is 0 Å². The van der Waals surface area contributed by atoms with Gasteiger partial charge >= 0.3 is 0 Å². The van der Waals surface area contributed by atoms with Gasteiger partial charge in [-0.1, -0.05) is 11.4 Å². The molecule has 0 aromatic carbocycles. The standard InChI is InChI=1S/C12H20N4OS/c1-3-10-11(18-16-15-10)12(17)14-9-6-4-8(13-2)5-7-9/h8-9,13H,3-7H2,1-2H3,(H,14,17). The molecule has 0 saturated heterocycles. The van der Waals surface area contributed by atoms with E-state index in [1.165, 1.54) is 11.5 Å². The van der Waals surface area contributed by atoms with Crippen LogP contribution in [0.15, 0.2) is 0 Å². The second-order valence-electron chi connectivity index (χ2n) is 4.71. The van der Waals surface area contributed by atoms with Gasteiger partial charge < -0.3 is 10.6 Å². The molecule has 1 heterocycles. The third kappa shape index (κ3) is 3.05. The number of hydrogen-bond donors (Lipinski definition) is 2. The molecule has 2 rings (SSSR count). The topological polar surface area (TPSA) is 66.9 Å².